The van der Waals surface area contributed by atoms with Gasteiger partial charge in [-0.25, -0.2) is 4.79 Å². The first-order valence-electron chi connectivity index (χ1n) is 5.28. The number of alkyl halides is 1. The number of urea groups is 1. The van der Waals surface area contributed by atoms with Crippen LogP contribution >= 0.6 is 11.6 Å². The van der Waals surface area contributed by atoms with Crippen molar-refractivity contribution in [2.75, 3.05) is 19.0 Å². The number of amides is 2. The molecule has 5 heteroatoms. The highest BCUT2D eigenvalue weighted by molar-refractivity contribution is 6.18. The normalized spacial score (nSPS) is 24.6. The van der Waals surface area contributed by atoms with Gasteiger partial charge in [0.1, 0.15) is 0 Å². The summed E-state index contributed by atoms with van der Waals surface area (Å²) in [6.45, 7) is 5.28. The summed E-state index contributed by atoms with van der Waals surface area (Å²) in [5.74, 6) is 0.437. The van der Waals surface area contributed by atoms with E-state index in [9.17, 15) is 4.79 Å². The number of nitrogens with one attached hydrogen (secondary N) is 2. The SMILES string of the molecule is CC1(C)CC(NC(=O)NCCCl)CCO1. The highest BCUT2D eigenvalue weighted by atomic mass is 35.5. The average Bonchev–Trinajstić information content (AvgIpc) is 2.13. The smallest absolute Gasteiger partial charge is 0.315 e. The lowest BCUT2D eigenvalue weighted by molar-refractivity contribution is -0.0611. The van der Waals surface area contributed by atoms with Crippen molar-refractivity contribution >= 4 is 17.6 Å². The van der Waals surface area contributed by atoms with Crippen LogP contribution in [0.5, 0.6) is 0 Å². The molecule has 2 N–H and O–H groups in total. The monoisotopic (exact) mass is 234 g/mol. The Bertz CT molecular complexity index is 221. The molecule has 0 radical (unpaired) electrons. The van der Waals surface area contributed by atoms with E-state index < -0.39 is 0 Å². The van der Waals surface area contributed by atoms with Crippen LogP contribution in [0.1, 0.15) is 26.7 Å². The predicted molar refractivity (Wildman–Crippen MR) is 60.3 cm³/mol. The van der Waals surface area contributed by atoms with E-state index in [1.54, 1.807) is 0 Å². The third-order valence-corrected chi connectivity index (χ3v) is 2.60. The van der Waals surface area contributed by atoms with Gasteiger partial charge in [0.25, 0.3) is 0 Å². The minimum atomic E-state index is -0.140. The number of hydrogen-bond acceptors (Lipinski definition) is 2. The Labute approximate surface area is 95.7 Å². The quantitative estimate of drug-likeness (QED) is 0.727. The van der Waals surface area contributed by atoms with Gasteiger partial charge in [0.15, 0.2) is 0 Å². The van der Waals surface area contributed by atoms with Gasteiger partial charge in [-0.1, -0.05) is 0 Å². The van der Waals surface area contributed by atoms with Gasteiger partial charge < -0.3 is 15.4 Å². The van der Waals surface area contributed by atoms with Crippen LogP contribution in [-0.2, 0) is 4.74 Å². The lowest BCUT2D eigenvalue weighted by Gasteiger charge is -2.35. The summed E-state index contributed by atoms with van der Waals surface area (Å²) >= 11 is 5.47. The van der Waals surface area contributed by atoms with Gasteiger partial charge >= 0.3 is 6.03 Å². The van der Waals surface area contributed by atoms with Crippen molar-refractivity contribution in [1.29, 1.82) is 0 Å². The molecule has 1 saturated heterocycles. The maximum atomic E-state index is 11.4. The van der Waals surface area contributed by atoms with Crippen molar-refractivity contribution in [2.45, 2.75) is 38.3 Å². The van der Waals surface area contributed by atoms with Crippen LogP contribution in [0.4, 0.5) is 4.79 Å². The molecule has 1 rings (SSSR count). The highest BCUT2D eigenvalue weighted by Gasteiger charge is 2.29. The highest BCUT2D eigenvalue weighted by Crippen LogP contribution is 2.23. The van der Waals surface area contributed by atoms with Crippen molar-refractivity contribution in [3.05, 3.63) is 0 Å². The maximum Gasteiger partial charge on any atom is 0.315 e. The van der Waals surface area contributed by atoms with Crippen LogP contribution in [0.15, 0.2) is 0 Å². The van der Waals surface area contributed by atoms with Crippen LogP contribution in [-0.4, -0.2) is 36.7 Å². The summed E-state index contributed by atoms with van der Waals surface area (Å²) in [7, 11) is 0. The van der Waals surface area contributed by atoms with Gasteiger partial charge in [0, 0.05) is 25.1 Å². The molecule has 15 heavy (non-hydrogen) atoms. The average molecular weight is 235 g/mol. The first kappa shape index (κ1) is 12.6. The summed E-state index contributed by atoms with van der Waals surface area (Å²) < 4.78 is 5.57. The van der Waals surface area contributed by atoms with E-state index >= 15 is 0 Å². The van der Waals surface area contributed by atoms with E-state index in [0.29, 0.717) is 19.0 Å². The zero-order valence-corrected chi connectivity index (χ0v) is 10.1. The topological polar surface area (TPSA) is 50.4 Å². The standard InChI is InChI=1S/C10H19ClN2O2/c1-10(2)7-8(3-6-15-10)13-9(14)12-5-4-11/h8H,3-7H2,1-2H3,(H2,12,13,14). The minimum Gasteiger partial charge on any atom is -0.375 e. The van der Waals surface area contributed by atoms with Crippen molar-refractivity contribution in [1.82, 2.24) is 10.6 Å². The fraction of sp³-hybridized carbons (Fsp3) is 0.900. The molecule has 1 fully saturated rings. The number of rotatable bonds is 3. The lowest BCUT2D eigenvalue weighted by Crippen LogP contribution is -2.49. The van der Waals surface area contributed by atoms with Crippen LogP contribution in [0.2, 0.25) is 0 Å². The fourth-order valence-electron chi connectivity index (χ4n) is 1.75. The van der Waals surface area contributed by atoms with E-state index in [1.807, 2.05) is 13.8 Å². The number of hydrogen-bond donors (Lipinski definition) is 2. The Morgan fingerprint density at radius 1 is 1.60 bits per heavy atom. The van der Waals surface area contributed by atoms with Gasteiger partial charge in [0.2, 0.25) is 0 Å². The van der Waals surface area contributed by atoms with Gasteiger partial charge in [-0.05, 0) is 26.7 Å². The number of ether oxygens (including phenoxy) is 1. The molecule has 4 nitrogen and oxygen atoms in total. The van der Waals surface area contributed by atoms with Crippen LogP contribution in [0.25, 0.3) is 0 Å². The number of halogens is 1. The van der Waals surface area contributed by atoms with Crippen LogP contribution in [0, 0.1) is 0 Å². The molecule has 1 atom stereocenters. The first-order chi connectivity index (χ1) is 7.03. The molecule has 0 aromatic carbocycles. The molecule has 0 saturated carbocycles. The van der Waals surface area contributed by atoms with Gasteiger partial charge in [-0.3, -0.25) is 0 Å². The molecule has 1 aliphatic heterocycles. The molecule has 0 aromatic heterocycles. The summed E-state index contributed by atoms with van der Waals surface area (Å²) in [5.41, 5.74) is -0.136. The fourth-order valence-corrected chi connectivity index (χ4v) is 1.85. The molecule has 0 aromatic rings. The Morgan fingerprint density at radius 2 is 2.33 bits per heavy atom. The van der Waals surface area contributed by atoms with Crippen molar-refractivity contribution < 1.29 is 9.53 Å². The lowest BCUT2D eigenvalue weighted by atomic mass is 9.94. The molecular weight excluding hydrogens is 216 g/mol. The summed E-state index contributed by atoms with van der Waals surface area (Å²) in [4.78, 5) is 11.4. The molecule has 0 spiro atoms. The molecular formula is C10H19ClN2O2. The van der Waals surface area contributed by atoms with Gasteiger partial charge in [-0.15, -0.1) is 11.6 Å². The second-order valence-corrected chi connectivity index (χ2v) is 4.77. The number of carbonyl (C=O) groups excluding carboxylic acids is 1. The Balaban J connectivity index is 2.28. The molecule has 1 heterocycles. The first-order valence-corrected chi connectivity index (χ1v) is 5.81. The van der Waals surface area contributed by atoms with E-state index in [0.717, 1.165) is 12.8 Å². The summed E-state index contributed by atoms with van der Waals surface area (Å²) in [5, 5.41) is 5.60. The maximum absolute atomic E-state index is 11.4. The van der Waals surface area contributed by atoms with Crippen LogP contribution in [0.3, 0.4) is 0 Å². The second kappa shape index (κ2) is 5.56. The van der Waals surface area contributed by atoms with Gasteiger partial charge in [0.05, 0.1) is 5.60 Å². The van der Waals surface area contributed by atoms with E-state index in [-0.39, 0.29) is 17.7 Å². The van der Waals surface area contributed by atoms with E-state index in [1.165, 1.54) is 0 Å². The summed E-state index contributed by atoms with van der Waals surface area (Å²) in [6, 6.07) is 0.0578. The molecule has 2 amide bonds. The second-order valence-electron chi connectivity index (χ2n) is 4.39. The minimum absolute atomic E-state index is 0.136. The summed E-state index contributed by atoms with van der Waals surface area (Å²) in [6.07, 6.45) is 1.72. The van der Waals surface area contributed by atoms with E-state index in [4.69, 9.17) is 16.3 Å². The number of carbonyl (C=O) groups is 1. The van der Waals surface area contributed by atoms with Crippen molar-refractivity contribution in [2.24, 2.45) is 0 Å². The molecule has 88 valence electrons. The van der Waals surface area contributed by atoms with Gasteiger partial charge in [-0.2, -0.15) is 0 Å². The predicted octanol–water partition coefficient (Wildman–Crippen LogP) is 1.48. The van der Waals surface area contributed by atoms with Crippen molar-refractivity contribution in [3.8, 4) is 0 Å². The molecule has 0 bridgehead atoms. The third-order valence-electron chi connectivity index (χ3n) is 2.41. The third kappa shape index (κ3) is 4.71. The zero-order valence-electron chi connectivity index (χ0n) is 9.31. The zero-order chi connectivity index (χ0) is 11.3. The molecule has 0 aliphatic carbocycles. The van der Waals surface area contributed by atoms with Crippen molar-refractivity contribution in [3.63, 3.8) is 0 Å². The molecule has 1 unspecified atom stereocenters. The van der Waals surface area contributed by atoms with E-state index in [2.05, 4.69) is 10.6 Å². The Morgan fingerprint density at radius 3 is 2.93 bits per heavy atom. The Kier molecular flexibility index (Phi) is 4.67. The Hall–Kier alpha value is -0.480. The van der Waals surface area contributed by atoms with Crippen LogP contribution < -0.4 is 10.6 Å². The largest absolute Gasteiger partial charge is 0.375 e. The molecule has 1 aliphatic rings.